The molecule has 2 aromatic rings. The molecule has 0 atom stereocenters. The van der Waals surface area contributed by atoms with E-state index in [1.54, 1.807) is 24.1 Å². The van der Waals surface area contributed by atoms with E-state index >= 15 is 0 Å². The number of nitrogens with zero attached hydrogens (tertiary/aromatic N) is 3. The number of hydrogen-bond acceptors (Lipinski definition) is 4. The normalized spacial score (nSPS) is 10.4. The zero-order chi connectivity index (χ0) is 16.7. The number of amides is 1. The van der Waals surface area contributed by atoms with Gasteiger partial charge in [-0.05, 0) is 42.7 Å². The van der Waals surface area contributed by atoms with Crippen molar-refractivity contribution in [1.82, 2.24) is 15.1 Å². The summed E-state index contributed by atoms with van der Waals surface area (Å²) in [6.07, 6.45) is 3.06. The van der Waals surface area contributed by atoms with E-state index in [1.165, 1.54) is 5.56 Å². The summed E-state index contributed by atoms with van der Waals surface area (Å²) in [5.41, 5.74) is 2.61. The smallest absolute Gasteiger partial charge is 0.274 e. The molecule has 5 heteroatoms. The van der Waals surface area contributed by atoms with Gasteiger partial charge < -0.3 is 10.2 Å². The minimum Gasteiger partial charge on any atom is -0.340 e. The zero-order valence-corrected chi connectivity index (χ0v) is 14.0. The number of anilines is 2. The molecule has 0 aliphatic carbocycles. The summed E-state index contributed by atoms with van der Waals surface area (Å²) in [4.78, 5) is 13.9. The number of carbonyl (C=O) groups is 1. The Morgan fingerprint density at radius 1 is 1.09 bits per heavy atom. The van der Waals surface area contributed by atoms with Crippen LogP contribution < -0.4 is 5.32 Å². The average Bonchev–Trinajstić information content (AvgIpc) is 2.60. The number of benzene rings is 1. The fourth-order valence-corrected chi connectivity index (χ4v) is 2.18. The molecule has 0 radical (unpaired) electrons. The lowest BCUT2D eigenvalue weighted by molar-refractivity contribution is 0.0786. The Hall–Kier alpha value is -2.43. The SMILES string of the molecule is CCCCN(C)C(=O)c1ccc(Nc2ccc(CC)cc2)nn1. The van der Waals surface area contributed by atoms with Crippen LogP contribution in [-0.2, 0) is 6.42 Å². The van der Waals surface area contributed by atoms with Crippen molar-refractivity contribution in [1.29, 1.82) is 0 Å². The van der Waals surface area contributed by atoms with Crippen molar-refractivity contribution in [2.24, 2.45) is 0 Å². The maximum atomic E-state index is 12.2. The summed E-state index contributed by atoms with van der Waals surface area (Å²) >= 11 is 0. The molecule has 0 aliphatic rings. The average molecular weight is 312 g/mol. The predicted octanol–water partition coefficient (Wildman–Crippen LogP) is 3.65. The third-order valence-electron chi connectivity index (χ3n) is 3.71. The van der Waals surface area contributed by atoms with Crippen molar-refractivity contribution in [2.45, 2.75) is 33.1 Å². The highest BCUT2D eigenvalue weighted by molar-refractivity contribution is 5.92. The van der Waals surface area contributed by atoms with Gasteiger partial charge in [-0.25, -0.2) is 0 Å². The van der Waals surface area contributed by atoms with E-state index in [0.29, 0.717) is 11.5 Å². The molecule has 5 nitrogen and oxygen atoms in total. The Balaban J connectivity index is 1.99. The van der Waals surface area contributed by atoms with Crippen molar-refractivity contribution < 1.29 is 4.79 Å². The zero-order valence-electron chi connectivity index (χ0n) is 14.0. The highest BCUT2D eigenvalue weighted by Gasteiger charge is 2.13. The van der Waals surface area contributed by atoms with Crippen LogP contribution in [0, 0.1) is 0 Å². The van der Waals surface area contributed by atoms with Crippen LogP contribution >= 0.6 is 0 Å². The molecule has 23 heavy (non-hydrogen) atoms. The first-order valence-corrected chi connectivity index (χ1v) is 8.09. The standard InChI is InChI=1S/C18H24N4O/c1-4-6-13-22(3)18(23)16-11-12-17(21-20-16)19-15-9-7-14(5-2)8-10-15/h7-12H,4-6,13H2,1-3H3,(H,19,21). The Kier molecular flexibility index (Phi) is 6.09. The monoisotopic (exact) mass is 312 g/mol. The summed E-state index contributed by atoms with van der Waals surface area (Å²) in [6.45, 7) is 4.97. The van der Waals surface area contributed by atoms with Gasteiger partial charge in [0.25, 0.3) is 5.91 Å². The molecule has 0 saturated carbocycles. The summed E-state index contributed by atoms with van der Waals surface area (Å²) in [6, 6.07) is 11.7. The molecule has 1 aromatic carbocycles. The maximum Gasteiger partial charge on any atom is 0.274 e. The van der Waals surface area contributed by atoms with E-state index in [2.05, 4.69) is 41.5 Å². The van der Waals surface area contributed by atoms with Gasteiger partial charge in [0.05, 0.1) is 0 Å². The van der Waals surface area contributed by atoms with Gasteiger partial charge in [0.2, 0.25) is 0 Å². The second-order valence-corrected chi connectivity index (χ2v) is 5.56. The second-order valence-electron chi connectivity index (χ2n) is 5.56. The number of carbonyl (C=O) groups excluding carboxylic acids is 1. The molecule has 1 heterocycles. The lowest BCUT2D eigenvalue weighted by Crippen LogP contribution is -2.28. The Labute approximate surface area is 137 Å². The molecule has 1 amide bonds. The van der Waals surface area contributed by atoms with E-state index in [4.69, 9.17) is 0 Å². The molecule has 1 aromatic heterocycles. The predicted molar refractivity (Wildman–Crippen MR) is 93.0 cm³/mol. The van der Waals surface area contributed by atoms with Crippen LogP contribution in [0.15, 0.2) is 36.4 Å². The first-order chi connectivity index (χ1) is 11.1. The minimum absolute atomic E-state index is 0.0928. The molecule has 1 N–H and O–H groups in total. The Bertz CT molecular complexity index is 622. The van der Waals surface area contributed by atoms with Crippen LogP contribution in [-0.4, -0.2) is 34.6 Å². The van der Waals surface area contributed by atoms with Gasteiger partial charge in [-0.15, -0.1) is 10.2 Å². The number of nitrogens with one attached hydrogen (secondary N) is 1. The second kappa shape index (κ2) is 8.27. The molecule has 0 aliphatic heterocycles. The molecule has 2 rings (SSSR count). The summed E-state index contributed by atoms with van der Waals surface area (Å²) in [7, 11) is 1.79. The number of unbranched alkanes of at least 4 members (excludes halogenated alkanes) is 1. The van der Waals surface area contributed by atoms with Crippen LogP contribution in [0.5, 0.6) is 0 Å². The molecule has 122 valence electrons. The lowest BCUT2D eigenvalue weighted by Gasteiger charge is -2.15. The van der Waals surface area contributed by atoms with Crippen molar-refractivity contribution >= 4 is 17.4 Å². The van der Waals surface area contributed by atoms with Crippen molar-refractivity contribution in [3.63, 3.8) is 0 Å². The van der Waals surface area contributed by atoms with Crippen molar-refractivity contribution in [3.8, 4) is 0 Å². The molecule has 0 saturated heterocycles. The van der Waals surface area contributed by atoms with Crippen molar-refractivity contribution in [2.75, 3.05) is 18.9 Å². The molecule has 0 unspecified atom stereocenters. The molecule has 0 bridgehead atoms. The Morgan fingerprint density at radius 3 is 2.39 bits per heavy atom. The van der Waals surface area contributed by atoms with Crippen molar-refractivity contribution in [3.05, 3.63) is 47.7 Å². The van der Waals surface area contributed by atoms with Gasteiger partial charge in [0, 0.05) is 19.3 Å². The molecular weight excluding hydrogens is 288 g/mol. The highest BCUT2D eigenvalue weighted by atomic mass is 16.2. The van der Waals surface area contributed by atoms with E-state index in [-0.39, 0.29) is 5.91 Å². The van der Waals surface area contributed by atoms with Crippen LogP contribution in [0.25, 0.3) is 0 Å². The van der Waals surface area contributed by atoms with Crippen LogP contribution in [0.3, 0.4) is 0 Å². The number of rotatable bonds is 7. The third-order valence-corrected chi connectivity index (χ3v) is 3.71. The minimum atomic E-state index is -0.0928. The lowest BCUT2D eigenvalue weighted by atomic mass is 10.1. The van der Waals surface area contributed by atoms with Gasteiger partial charge in [0.1, 0.15) is 0 Å². The molecule has 0 spiro atoms. The van der Waals surface area contributed by atoms with Crippen LogP contribution in [0.4, 0.5) is 11.5 Å². The Morgan fingerprint density at radius 2 is 1.83 bits per heavy atom. The highest BCUT2D eigenvalue weighted by Crippen LogP contribution is 2.15. The van der Waals surface area contributed by atoms with Crippen LogP contribution in [0.2, 0.25) is 0 Å². The summed E-state index contributed by atoms with van der Waals surface area (Å²) < 4.78 is 0. The first-order valence-electron chi connectivity index (χ1n) is 8.09. The van der Waals surface area contributed by atoms with E-state index in [9.17, 15) is 4.79 Å². The first kappa shape index (κ1) is 16.9. The maximum absolute atomic E-state index is 12.2. The van der Waals surface area contributed by atoms with Gasteiger partial charge in [0.15, 0.2) is 11.5 Å². The molecular formula is C18H24N4O. The summed E-state index contributed by atoms with van der Waals surface area (Å²) in [5, 5.41) is 11.3. The fraction of sp³-hybridized carbons (Fsp3) is 0.389. The number of aryl methyl sites for hydroxylation is 1. The number of hydrogen-bond donors (Lipinski definition) is 1. The van der Waals surface area contributed by atoms with Crippen LogP contribution in [0.1, 0.15) is 42.7 Å². The van der Waals surface area contributed by atoms with E-state index in [1.807, 2.05) is 12.1 Å². The topological polar surface area (TPSA) is 58.1 Å². The van der Waals surface area contributed by atoms with Gasteiger partial charge in [-0.1, -0.05) is 32.4 Å². The van der Waals surface area contributed by atoms with Gasteiger partial charge in [-0.3, -0.25) is 4.79 Å². The van der Waals surface area contributed by atoms with E-state index in [0.717, 1.165) is 31.5 Å². The van der Waals surface area contributed by atoms with E-state index < -0.39 is 0 Å². The fourth-order valence-electron chi connectivity index (χ4n) is 2.18. The van der Waals surface area contributed by atoms with Gasteiger partial charge in [-0.2, -0.15) is 0 Å². The largest absolute Gasteiger partial charge is 0.340 e. The molecule has 0 fully saturated rings. The third kappa shape index (κ3) is 4.77. The number of aromatic nitrogens is 2. The van der Waals surface area contributed by atoms with Gasteiger partial charge >= 0.3 is 0 Å². The summed E-state index contributed by atoms with van der Waals surface area (Å²) in [5.74, 6) is 0.534. The quantitative estimate of drug-likeness (QED) is 0.847.